The molecule has 1 aromatic heterocycles. The van der Waals surface area contributed by atoms with Crippen molar-refractivity contribution < 1.29 is 17.9 Å². The van der Waals surface area contributed by atoms with Crippen molar-refractivity contribution in [2.24, 2.45) is 0 Å². The van der Waals surface area contributed by atoms with Crippen LogP contribution in [0.25, 0.3) is 10.9 Å². The first kappa shape index (κ1) is 16.0. The number of H-pyrrole nitrogens is 1. The van der Waals surface area contributed by atoms with Gasteiger partial charge in [-0.1, -0.05) is 17.7 Å². The molecule has 0 atom stereocenters. The van der Waals surface area contributed by atoms with Gasteiger partial charge in [-0.3, -0.25) is 9.82 Å². The van der Waals surface area contributed by atoms with Crippen molar-refractivity contribution in [2.45, 2.75) is 11.8 Å². The molecule has 7 nitrogen and oxygen atoms in total. The van der Waals surface area contributed by atoms with Gasteiger partial charge in [0.05, 0.1) is 35.0 Å². The van der Waals surface area contributed by atoms with E-state index in [1.165, 1.54) is 31.5 Å². The Labute approximate surface area is 138 Å². The fourth-order valence-corrected chi connectivity index (χ4v) is 3.36. The molecule has 2 N–H and O–H groups in total. The summed E-state index contributed by atoms with van der Waals surface area (Å²) in [6.07, 6.45) is 1.51. The van der Waals surface area contributed by atoms with Gasteiger partial charge in [-0.25, -0.2) is 13.2 Å². The first-order valence-corrected chi connectivity index (χ1v) is 8.54. The third-order valence-corrected chi connectivity index (χ3v) is 4.93. The number of nitrogens with one attached hydrogen (secondary N) is 2. The number of fused-ring (bicyclic) bond motifs is 1. The predicted octanol–water partition coefficient (Wildman–Crippen LogP) is 2.46. The maximum Gasteiger partial charge on any atom is 0.340 e. The van der Waals surface area contributed by atoms with E-state index in [-0.39, 0.29) is 16.1 Å². The number of aryl methyl sites for hydroxylation is 1. The zero-order chi connectivity index (χ0) is 17.3. The molecule has 124 valence electrons. The van der Waals surface area contributed by atoms with Gasteiger partial charge in [-0.15, -0.1) is 0 Å². The summed E-state index contributed by atoms with van der Waals surface area (Å²) in [4.78, 5) is 12.0. The molecule has 3 rings (SSSR count). The monoisotopic (exact) mass is 345 g/mol. The summed E-state index contributed by atoms with van der Waals surface area (Å²) < 4.78 is 32.2. The summed E-state index contributed by atoms with van der Waals surface area (Å²) in [6, 6.07) is 9.49. The lowest BCUT2D eigenvalue weighted by Gasteiger charge is -2.10. The number of hydrogen-bond donors (Lipinski definition) is 2. The summed E-state index contributed by atoms with van der Waals surface area (Å²) in [6.45, 7) is 1.87. The molecule has 0 aliphatic rings. The molecule has 0 saturated heterocycles. The van der Waals surface area contributed by atoms with Crippen molar-refractivity contribution in [1.29, 1.82) is 0 Å². The molecule has 0 amide bonds. The Bertz CT molecular complexity index is 1010. The van der Waals surface area contributed by atoms with E-state index < -0.39 is 16.0 Å². The van der Waals surface area contributed by atoms with Crippen LogP contribution in [0.1, 0.15) is 15.9 Å². The number of aromatic nitrogens is 2. The van der Waals surface area contributed by atoms with Crippen LogP contribution in [-0.4, -0.2) is 31.7 Å². The van der Waals surface area contributed by atoms with Crippen LogP contribution in [-0.2, 0) is 14.8 Å². The molecule has 0 unspecified atom stereocenters. The number of methoxy groups -OCH3 is 1. The third kappa shape index (κ3) is 2.95. The fourth-order valence-electron chi connectivity index (χ4n) is 2.32. The van der Waals surface area contributed by atoms with Crippen LogP contribution in [0.2, 0.25) is 0 Å². The Kier molecular flexibility index (Phi) is 3.98. The van der Waals surface area contributed by atoms with Gasteiger partial charge in [0.15, 0.2) is 0 Å². The number of benzene rings is 2. The van der Waals surface area contributed by atoms with Gasteiger partial charge < -0.3 is 4.74 Å². The number of carbonyl (C=O) groups excluding carboxylic acids is 1. The van der Waals surface area contributed by atoms with Crippen molar-refractivity contribution in [3.8, 4) is 0 Å². The number of rotatable bonds is 4. The average Bonchev–Trinajstić information content (AvgIpc) is 3.01. The summed E-state index contributed by atoms with van der Waals surface area (Å²) in [7, 11) is -2.51. The van der Waals surface area contributed by atoms with Crippen LogP contribution in [0.15, 0.2) is 47.5 Å². The molecule has 3 aromatic rings. The van der Waals surface area contributed by atoms with E-state index in [0.29, 0.717) is 10.9 Å². The summed E-state index contributed by atoms with van der Waals surface area (Å²) in [5.41, 5.74) is 1.90. The van der Waals surface area contributed by atoms with E-state index in [1.54, 1.807) is 18.2 Å². The lowest BCUT2D eigenvalue weighted by atomic mass is 10.1. The molecule has 8 heteroatoms. The van der Waals surface area contributed by atoms with E-state index >= 15 is 0 Å². The first-order valence-electron chi connectivity index (χ1n) is 7.05. The lowest BCUT2D eigenvalue weighted by Crippen LogP contribution is -2.13. The topological polar surface area (TPSA) is 101 Å². The largest absolute Gasteiger partial charge is 0.465 e. The maximum atomic E-state index is 12.5. The SMILES string of the molecule is COC(=O)c1cc(NS(=O)(=O)c2ccc(C)cc2)cc2cn[nH]c12. The Hall–Kier alpha value is -2.87. The van der Waals surface area contributed by atoms with E-state index in [9.17, 15) is 13.2 Å². The molecule has 0 spiro atoms. The molecular formula is C16H15N3O4S. The molecule has 0 aliphatic carbocycles. The molecule has 0 bridgehead atoms. The highest BCUT2D eigenvalue weighted by Crippen LogP contribution is 2.25. The van der Waals surface area contributed by atoms with Gasteiger partial charge in [0.1, 0.15) is 0 Å². The van der Waals surface area contributed by atoms with Gasteiger partial charge in [0.25, 0.3) is 10.0 Å². The van der Waals surface area contributed by atoms with Crippen molar-refractivity contribution in [3.05, 3.63) is 53.7 Å². The highest BCUT2D eigenvalue weighted by atomic mass is 32.2. The zero-order valence-corrected chi connectivity index (χ0v) is 13.8. The van der Waals surface area contributed by atoms with E-state index in [1.807, 2.05) is 6.92 Å². The van der Waals surface area contributed by atoms with E-state index in [0.717, 1.165) is 5.56 Å². The van der Waals surface area contributed by atoms with Gasteiger partial charge >= 0.3 is 5.97 Å². The molecule has 0 aliphatic heterocycles. The second kappa shape index (κ2) is 5.97. The average molecular weight is 345 g/mol. The number of esters is 1. The second-order valence-corrected chi connectivity index (χ2v) is 6.95. The van der Waals surface area contributed by atoms with Crippen molar-refractivity contribution >= 4 is 32.6 Å². The van der Waals surface area contributed by atoms with Crippen LogP contribution < -0.4 is 4.72 Å². The van der Waals surface area contributed by atoms with Crippen molar-refractivity contribution in [3.63, 3.8) is 0 Å². The minimum absolute atomic E-state index is 0.139. The van der Waals surface area contributed by atoms with Crippen LogP contribution in [0, 0.1) is 6.92 Å². The Morgan fingerprint density at radius 1 is 1.21 bits per heavy atom. The highest BCUT2D eigenvalue weighted by Gasteiger charge is 2.18. The fraction of sp³-hybridized carbons (Fsp3) is 0.125. The van der Waals surface area contributed by atoms with Crippen LogP contribution in [0.5, 0.6) is 0 Å². The standard InChI is InChI=1S/C16H15N3O4S/c1-10-3-5-13(6-4-10)24(21,22)19-12-7-11-9-17-18-15(11)14(8-12)16(20)23-2/h3-9,19H,1-2H3,(H,17,18). The normalized spacial score (nSPS) is 11.4. The minimum Gasteiger partial charge on any atom is -0.465 e. The van der Waals surface area contributed by atoms with Gasteiger partial charge in [0.2, 0.25) is 0 Å². The van der Waals surface area contributed by atoms with Crippen LogP contribution >= 0.6 is 0 Å². The smallest absolute Gasteiger partial charge is 0.340 e. The maximum absolute atomic E-state index is 12.5. The third-order valence-electron chi connectivity index (χ3n) is 3.54. The van der Waals surface area contributed by atoms with Gasteiger partial charge in [0, 0.05) is 5.39 Å². The number of ether oxygens (including phenoxy) is 1. The number of sulfonamides is 1. The Morgan fingerprint density at radius 2 is 1.92 bits per heavy atom. The number of hydrogen-bond acceptors (Lipinski definition) is 5. The molecule has 0 saturated carbocycles. The number of anilines is 1. The van der Waals surface area contributed by atoms with Crippen LogP contribution in [0.4, 0.5) is 5.69 Å². The molecule has 1 heterocycles. The number of aromatic amines is 1. The summed E-state index contributed by atoms with van der Waals surface area (Å²) in [5, 5.41) is 7.17. The zero-order valence-electron chi connectivity index (χ0n) is 13.0. The first-order chi connectivity index (χ1) is 11.4. The quantitative estimate of drug-likeness (QED) is 0.707. The molecular weight excluding hydrogens is 330 g/mol. The van der Waals surface area contributed by atoms with Gasteiger partial charge in [-0.2, -0.15) is 5.10 Å². The predicted molar refractivity (Wildman–Crippen MR) is 89.4 cm³/mol. The molecule has 0 fully saturated rings. The Morgan fingerprint density at radius 3 is 2.58 bits per heavy atom. The highest BCUT2D eigenvalue weighted by molar-refractivity contribution is 7.92. The summed E-state index contributed by atoms with van der Waals surface area (Å²) in [5.74, 6) is -0.583. The van der Waals surface area contributed by atoms with E-state index in [4.69, 9.17) is 4.74 Å². The Balaban J connectivity index is 2.03. The minimum atomic E-state index is -3.76. The molecule has 2 aromatic carbocycles. The summed E-state index contributed by atoms with van der Waals surface area (Å²) >= 11 is 0. The molecule has 0 radical (unpaired) electrons. The number of carbonyl (C=O) groups is 1. The second-order valence-electron chi connectivity index (χ2n) is 5.27. The van der Waals surface area contributed by atoms with Crippen LogP contribution in [0.3, 0.4) is 0 Å². The van der Waals surface area contributed by atoms with Crippen molar-refractivity contribution in [1.82, 2.24) is 10.2 Å². The van der Waals surface area contributed by atoms with Gasteiger partial charge in [-0.05, 0) is 31.2 Å². The molecule has 24 heavy (non-hydrogen) atoms. The van der Waals surface area contributed by atoms with E-state index in [2.05, 4.69) is 14.9 Å². The van der Waals surface area contributed by atoms with Crippen molar-refractivity contribution in [2.75, 3.05) is 11.8 Å². The number of nitrogens with zero attached hydrogens (tertiary/aromatic N) is 1. The lowest BCUT2D eigenvalue weighted by molar-refractivity contribution is 0.0603.